The van der Waals surface area contributed by atoms with E-state index in [0.29, 0.717) is 12.3 Å². The number of aromatic nitrogens is 1. The molecule has 0 aliphatic heterocycles. The number of ketones is 1. The molecule has 0 spiro atoms. The van der Waals surface area contributed by atoms with E-state index in [1.54, 1.807) is 13.2 Å². The second kappa shape index (κ2) is 3.85. The van der Waals surface area contributed by atoms with Crippen molar-refractivity contribution in [3.8, 4) is 5.88 Å². The second-order valence-electron chi connectivity index (χ2n) is 3.59. The first-order valence-corrected chi connectivity index (χ1v) is 4.96. The summed E-state index contributed by atoms with van der Waals surface area (Å²) in [5.41, 5.74) is 2.76. The van der Waals surface area contributed by atoms with Crippen LogP contribution in [0.15, 0.2) is 23.8 Å². The van der Waals surface area contributed by atoms with Crippen LogP contribution in [0.4, 0.5) is 0 Å². The molecule has 0 aromatic carbocycles. The molecule has 1 aromatic rings. The summed E-state index contributed by atoms with van der Waals surface area (Å²) in [7, 11) is 1.59. The standard InChI is InChI=1S/C12H13NO2/c1-8-9(6-7-11(8)14)10-4-3-5-12(13-10)15-2/h3-5H,6-7H2,1-2H3. The highest BCUT2D eigenvalue weighted by atomic mass is 16.5. The Labute approximate surface area is 88.8 Å². The number of ether oxygens (including phenoxy) is 1. The van der Waals surface area contributed by atoms with Crippen molar-refractivity contribution in [3.05, 3.63) is 29.5 Å². The minimum absolute atomic E-state index is 0.231. The molecular formula is C12H13NO2. The maximum atomic E-state index is 11.4. The molecule has 0 amide bonds. The van der Waals surface area contributed by atoms with Gasteiger partial charge in [-0.2, -0.15) is 0 Å². The lowest BCUT2D eigenvalue weighted by Gasteiger charge is -2.04. The van der Waals surface area contributed by atoms with Gasteiger partial charge >= 0.3 is 0 Å². The van der Waals surface area contributed by atoms with E-state index in [-0.39, 0.29) is 5.78 Å². The van der Waals surface area contributed by atoms with Gasteiger partial charge in [-0.05, 0) is 30.6 Å². The highest BCUT2D eigenvalue weighted by Gasteiger charge is 2.21. The fourth-order valence-electron chi connectivity index (χ4n) is 1.80. The molecule has 2 rings (SSSR count). The summed E-state index contributed by atoms with van der Waals surface area (Å²) in [5, 5.41) is 0. The average molecular weight is 203 g/mol. The highest BCUT2D eigenvalue weighted by Crippen LogP contribution is 2.30. The normalized spacial score (nSPS) is 16.0. The number of nitrogens with zero attached hydrogens (tertiary/aromatic N) is 1. The third-order valence-electron chi connectivity index (χ3n) is 2.71. The number of hydrogen-bond acceptors (Lipinski definition) is 3. The van der Waals surface area contributed by atoms with Gasteiger partial charge in [0.2, 0.25) is 5.88 Å². The molecule has 3 heteroatoms. The Morgan fingerprint density at radius 3 is 2.73 bits per heavy atom. The van der Waals surface area contributed by atoms with Crippen molar-refractivity contribution >= 4 is 11.4 Å². The van der Waals surface area contributed by atoms with E-state index in [0.717, 1.165) is 23.3 Å². The van der Waals surface area contributed by atoms with Crippen molar-refractivity contribution in [2.75, 3.05) is 7.11 Å². The van der Waals surface area contributed by atoms with Crippen molar-refractivity contribution in [3.63, 3.8) is 0 Å². The Bertz CT molecular complexity index is 435. The Morgan fingerprint density at radius 1 is 1.33 bits per heavy atom. The smallest absolute Gasteiger partial charge is 0.213 e. The van der Waals surface area contributed by atoms with Crippen LogP contribution in [0, 0.1) is 0 Å². The van der Waals surface area contributed by atoms with Gasteiger partial charge in [0, 0.05) is 12.5 Å². The first-order valence-electron chi connectivity index (χ1n) is 4.96. The number of hydrogen-bond donors (Lipinski definition) is 0. The van der Waals surface area contributed by atoms with Crippen molar-refractivity contribution < 1.29 is 9.53 Å². The fraction of sp³-hybridized carbons (Fsp3) is 0.333. The lowest BCUT2D eigenvalue weighted by molar-refractivity contribution is -0.114. The number of carbonyl (C=O) groups is 1. The number of pyridine rings is 1. The molecule has 1 heterocycles. The summed E-state index contributed by atoms with van der Waals surface area (Å²) in [4.78, 5) is 15.7. The van der Waals surface area contributed by atoms with Crippen LogP contribution >= 0.6 is 0 Å². The molecule has 0 radical (unpaired) electrons. The largest absolute Gasteiger partial charge is 0.481 e. The number of carbonyl (C=O) groups excluding carboxylic acids is 1. The van der Waals surface area contributed by atoms with E-state index in [9.17, 15) is 4.79 Å². The molecule has 78 valence electrons. The summed E-state index contributed by atoms with van der Waals surface area (Å²) in [6, 6.07) is 5.61. The lowest BCUT2D eigenvalue weighted by atomic mass is 10.1. The van der Waals surface area contributed by atoms with Gasteiger partial charge in [-0.3, -0.25) is 4.79 Å². The monoisotopic (exact) mass is 203 g/mol. The molecule has 1 aliphatic rings. The van der Waals surface area contributed by atoms with Crippen molar-refractivity contribution in [1.29, 1.82) is 0 Å². The predicted octanol–water partition coefficient (Wildman–Crippen LogP) is 2.23. The summed E-state index contributed by atoms with van der Waals surface area (Å²) in [6.45, 7) is 1.87. The molecule has 1 aromatic heterocycles. The molecule has 1 aliphatic carbocycles. The van der Waals surface area contributed by atoms with Gasteiger partial charge in [0.05, 0.1) is 12.8 Å². The van der Waals surface area contributed by atoms with Crippen LogP contribution in [-0.4, -0.2) is 17.9 Å². The van der Waals surface area contributed by atoms with Crippen LogP contribution in [0.3, 0.4) is 0 Å². The van der Waals surface area contributed by atoms with E-state index < -0.39 is 0 Å². The third-order valence-corrected chi connectivity index (χ3v) is 2.71. The Balaban J connectivity index is 2.42. The summed E-state index contributed by atoms with van der Waals surface area (Å²) in [6.07, 6.45) is 1.41. The van der Waals surface area contributed by atoms with Crippen LogP contribution in [-0.2, 0) is 4.79 Å². The zero-order valence-corrected chi connectivity index (χ0v) is 8.91. The second-order valence-corrected chi connectivity index (χ2v) is 3.59. The maximum Gasteiger partial charge on any atom is 0.213 e. The first kappa shape index (κ1) is 9.90. The Hall–Kier alpha value is -1.64. The molecule has 0 saturated carbocycles. The van der Waals surface area contributed by atoms with E-state index >= 15 is 0 Å². The van der Waals surface area contributed by atoms with Gasteiger partial charge in [-0.1, -0.05) is 6.07 Å². The van der Waals surface area contributed by atoms with E-state index in [1.807, 2.05) is 19.1 Å². The van der Waals surface area contributed by atoms with Crippen LogP contribution in [0.1, 0.15) is 25.5 Å². The van der Waals surface area contributed by atoms with Gasteiger partial charge in [-0.25, -0.2) is 4.98 Å². The van der Waals surface area contributed by atoms with Crippen LogP contribution in [0.25, 0.3) is 5.57 Å². The molecular weight excluding hydrogens is 190 g/mol. The molecule has 0 bridgehead atoms. The topological polar surface area (TPSA) is 39.2 Å². The van der Waals surface area contributed by atoms with Gasteiger partial charge in [0.25, 0.3) is 0 Å². The quantitative estimate of drug-likeness (QED) is 0.739. The lowest BCUT2D eigenvalue weighted by Crippen LogP contribution is -1.94. The van der Waals surface area contributed by atoms with Gasteiger partial charge in [0.1, 0.15) is 0 Å². The summed E-state index contributed by atoms with van der Waals surface area (Å²) >= 11 is 0. The highest BCUT2D eigenvalue weighted by molar-refractivity contribution is 6.06. The van der Waals surface area contributed by atoms with E-state index in [4.69, 9.17) is 4.74 Å². The summed E-state index contributed by atoms with van der Waals surface area (Å²) < 4.78 is 5.06. The minimum atomic E-state index is 0.231. The van der Waals surface area contributed by atoms with Crippen LogP contribution < -0.4 is 4.74 Å². The number of methoxy groups -OCH3 is 1. The summed E-state index contributed by atoms with van der Waals surface area (Å²) in [5.74, 6) is 0.821. The Kier molecular flexibility index (Phi) is 2.54. The molecule has 0 fully saturated rings. The molecule has 0 atom stereocenters. The predicted molar refractivity (Wildman–Crippen MR) is 57.6 cm³/mol. The average Bonchev–Trinajstić information content (AvgIpc) is 2.60. The van der Waals surface area contributed by atoms with E-state index in [1.165, 1.54) is 0 Å². The maximum absolute atomic E-state index is 11.4. The molecule has 3 nitrogen and oxygen atoms in total. The third kappa shape index (κ3) is 1.77. The Morgan fingerprint density at radius 2 is 2.13 bits per heavy atom. The van der Waals surface area contributed by atoms with Gasteiger partial charge < -0.3 is 4.74 Å². The van der Waals surface area contributed by atoms with Crippen molar-refractivity contribution in [2.45, 2.75) is 19.8 Å². The molecule has 0 unspecified atom stereocenters. The van der Waals surface area contributed by atoms with E-state index in [2.05, 4.69) is 4.98 Å². The molecule has 0 saturated heterocycles. The number of allylic oxidation sites excluding steroid dienone is 2. The SMILES string of the molecule is COc1cccc(C2=C(C)C(=O)CC2)n1. The zero-order valence-electron chi connectivity index (χ0n) is 8.91. The molecule has 0 N–H and O–H groups in total. The van der Waals surface area contributed by atoms with Gasteiger partial charge in [0.15, 0.2) is 5.78 Å². The fourth-order valence-corrected chi connectivity index (χ4v) is 1.80. The first-order chi connectivity index (χ1) is 7.22. The molecule has 15 heavy (non-hydrogen) atoms. The van der Waals surface area contributed by atoms with Crippen molar-refractivity contribution in [2.24, 2.45) is 0 Å². The van der Waals surface area contributed by atoms with Crippen LogP contribution in [0.2, 0.25) is 0 Å². The number of rotatable bonds is 2. The van der Waals surface area contributed by atoms with Crippen LogP contribution in [0.5, 0.6) is 5.88 Å². The minimum Gasteiger partial charge on any atom is -0.481 e. The van der Waals surface area contributed by atoms with Gasteiger partial charge in [-0.15, -0.1) is 0 Å². The zero-order chi connectivity index (χ0) is 10.8. The van der Waals surface area contributed by atoms with Crippen molar-refractivity contribution in [1.82, 2.24) is 4.98 Å². The number of Topliss-reactive ketones (excluding diaryl/α,β-unsaturated/α-hetero) is 1.